The fourth-order valence-corrected chi connectivity index (χ4v) is 7.30. The number of hydrogen-bond acceptors (Lipinski definition) is 6. The smallest absolute Gasteiger partial charge is 0.305 e. The summed E-state index contributed by atoms with van der Waals surface area (Å²) in [5.41, 5.74) is 0. The standard InChI is InChI=1S/C54H98N2O5/c1-6-9-12-15-18-20-22-24-26-28-30-32-34-37-40-44-53(58)60-49-51(48-56(47-42-46-55(4)5)52(57)43-39-36-17-14-11-8-3)50-61-54(59)45-41-38-35-33-31-29-27-25-23-21-19-16-13-10-7-2/h18-21,24-27,51H,6-17,22-23,28-50H2,1-5H3/b20-18-,21-19-,26-24-,27-25-. The minimum atomic E-state index is -0.255. The highest BCUT2D eigenvalue weighted by Gasteiger charge is 2.22. The van der Waals surface area contributed by atoms with Crippen molar-refractivity contribution in [1.29, 1.82) is 0 Å². The summed E-state index contributed by atoms with van der Waals surface area (Å²) in [4.78, 5) is 43.3. The van der Waals surface area contributed by atoms with Crippen LogP contribution in [0.4, 0.5) is 0 Å². The SMILES string of the molecule is CCCCC/C=C\C/C=C\CCCCCCCC(=O)OCC(COC(=O)CCCCCCC/C=C\C/C=C\CCCCC)CN(CCCN(C)C)C(=O)CCCCCCCC. The molecule has 0 aromatic heterocycles. The van der Waals surface area contributed by atoms with Gasteiger partial charge in [-0.1, -0.05) is 166 Å². The second-order valence-electron chi connectivity index (χ2n) is 17.7. The van der Waals surface area contributed by atoms with Crippen molar-refractivity contribution in [3.8, 4) is 0 Å². The molecule has 7 nitrogen and oxygen atoms in total. The molecule has 354 valence electrons. The summed E-state index contributed by atoms with van der Waals surface area (Å²) in [6, 6.07) is 0. The number of carbonyl (C=O) groups is 3. The maximum absolute atomic E-state index is 13.5. The number of carbonyl (C=O) groups excluding carboxylic acids is 3. The van der Waals surface area contributed by atoms with Crippen molar-refractivity contribution < 1.29 is 23.9 Å². The lowest BCUT2D eigenvalue weighted by Gasteiger charge is -2.28. The van der Waals surface area contributed by atoms with Crippen molar-refractivity contribution in [3.63, 3.8) is 0 Å². The predicted octanol–water partition coefficient (Wildman–Crippen LogP) is 14.8. The molecule has 0 aliphatic rings. The second kappa shape index (κ2) is 46.8. The Morgan fingerprint density at radius 2 is 0.787 bits per heavy atom. The fourth-order valence-electron chi connectivity index (χ4n) is 7.30. The first-order chi connectivity index (χ1) is 29.8. The Hall–Kier alpha value is -2.67. The number of unbranched alkanes of at least 4 members (excludes halogenated alkanes) is 21. The first kappa shape index (κ1) is 58.3. The third kappa shape index (κ3) is 43.8. The Balaban J connectivity index is 4.86. The number of esters is 2. The molecule has 0 bridgehead atoms. The van der Waals surface area contributed by atoms with Gasteiger partial charge >= 0.3 is 11.9 Å². The molecule has 0 fully saturated rings. The van der Waals surface area contributed by atoms with Gasteiger partial charge < -0.3 is 19.3 Å². The van der Waals surface area contributed by atoms with E-state index in [0.717, 1.165) is 90.0 Å². The molecule has 1 amide bonds. The molecule has 7 heteroatoms. The van der Waals surface area contributed by atoms with Gasteiger partial charge in [-0.25, -0.2) is 0 Å². The van der Waals surface area contributed by atoms with E-state index in [1.165, 1.54) is 103 Å². The third-order valence-electron chi connectivity index (χ3n) is 11.2. The Kier molecular flexibility index (Phi) is 44.8. The van der Waals surface area contributed by atoms with E-state index >= 15 is 0 Å². The highest BCUT2D eigenvalue weighted by atomic mass is 16.5. The van der Waals surface area contributed by atoms with Crippen LogP contribution in [0.25, 0.3) is 0 Å². The minimum absolute atomic E-state index is 0.146. The highest BCUT2D eigenvalue weighted by molar-refractivity contribution is 5.76. The Morgan fingerprint density at radius 1 is 0.426 bits per heavy atom. The topological polar surface area (TPSA) is 76.2 Å². The van der Waals surface area contributed by atoms with Crippen LogP contribution in [0.2, 0.25) is 0 Å². The summed E-state index contributed by atoms with van der Waals surface area (Å²) in [5, 5.41) is 0. The van der Waals surface area contributed by atoms with Crippen molar-refractivity contribution in [1.82, 2.24) is 9.80 Å². The van der Waals surface area contributed by atoms with E-state index in [0.29, 0.717) is 32.4 Å². The molecule has 0 radical (unpaired) electrons. The lowest BCUT2D eigenvalue weighted by atomic mass is 10.1. The van der Waals surface area contributed by atoms with E-state index in [1.54, 1.807) is 0 Å². The molecule has 0 saturated carbocycles. The summed E-state index contributed by atoms with van der Waals surface area (Å²) in [6.07, 6.45) is 52.3. The molecule has 0 spiro atoms. The monoisotopic (exact) mass is 855 g/mol. The lowest BCUT2D eigenvalue weighted by molar-refractivity contribution is -0.150. The van der Waals surface area contributed by atoms with Gasteiger partial charge in [-0.05, 0) is 111 Å². The number of rotatable bonds is 45. The van der Waals surface area contributed by atoms with E-state index in [2.05, 4.69) is 74.3 Å². The van der Waals surface area contributed by atoms with Crippen molar-refractivity contribution in [2.24, 2.45) is 5.92 Å². The van der Waals surface area contributed by atoms with E-state index in [9.17, 15) is 14.4 Å². The first-order valence-corrected chi connectivity index (χ1v) is 25.7. The van der Waals surface area contributed by atoms with Gasteiger partial charge in [0.25, 0.3) is 0 Å². The number of ether oxygens (including phenoxy) is 2. The molecule has 0 rings (SSSR count). The van der Waals surface area contributed by atoms with Gasteiger partial charge in [0, 0.05) is 38.3 Å². The molecule has 0 unspecified atom stereocenters. The van der Waals surface area contributed by atoms with Crippen molar-refractivity contribution >= 4 is 17.8 Å². The average molecular weight is 855 g/mol. The zero-order chi connectivity index (χ0) is 44.7. The van der Waals surface area contributed by atoms with Crippen LogP contribution in [0.5, 0.6) is 0 Å². The molecule has 0 aliphatic heterocycles. The zero-order valence-electron chi connectivity index (χ0n) is 40.8. The van der Waals surface area contributed by atoms with Crippen LogP contribution in [0.15, 0.2) is 48.6 Å². The van der Waals surface area contributed by atoms with E-state index in [1.807, 2.05) is 19.0 Å². The number of nitrogens with zero attached hydrogens (tertiary/aromatic N) is 2. The number of allylic oxidation sites excluding steroid dienone is 8. The zero-order valence-corrected chi connectivity index (χ0v) is 40.8. The van der Waals surface area contributed by atoms with Gasteiger partial charge in [-0.2, -0.15) is 0 Å². The molecule has 0 saturated heterocycles. The van der Waals surface area contributed by atoms with Crippen LogP contribution < -0.4 is 0 Å². The first-order valence-electron chi connectivity index (χ1n) is 25.7. The molecule has 0 aromatic carbocycles. The van der Waals surface area contributed by atoms with Gasteiger partial charge in [-0.3, -0.25) is 14.4 Å². The van der Waals surface area contributed by atoms with Crippen molar-refractivity contribution in [2.75, 3.05) is 46.9 Å². The molecule has 0 aliphatic carbocycles. The molecular weight excluding hydrogens is 757 g/mol. The lowest BCUT2D eigenvalue weighted by Crippen LogP contribution is -2.40. The van der Waals surface area contributed by atoms with E-state index in [4.69, 9.17) is 9.47 Å². The second-order valence-corrected chi connectivity index (χ2v) is 17.7. The van der Waals surface area contributed by atoms with Gasteiger partial charge in [0.05, 0.1) is 13.2 Å². The van der Waals surface area contributed by atoms with E-state index < -0.39 is 0 Å². The van der Waals surface area contributed by atoms with Crippen LogP contribution in [0, 0.1) is 5.92 Å². The molecule has 0 heterocycles. The fraction of sp³-hybridized carbons (Fsp3) is 0.796. The van der Waals surface area contributed by atoms with Gasteiger partial charge in [0.1, 0.15) is 0 Å². The summed E-state index contributed by atoms with van der Waals surface area (Å²) < 4.78 is 11.6. The molecule has 0 aromatic rings. The van der Waals surface area contributed by atoms with Crippen LogP contribution in [-0.4, -0.2) is 74.6 Å². The summed E-state index contributed by atoms with van der Waals surface area (Å²) >= 11 is 0. The maximum Gasteiger partial charge on any atom is 0.305 e. The molecule has 0 N–H and O–H groups in total. The van der Waals surface area contributed by atoms with Crippen LogP contribution in [-0.2, 0) is 23.9 Å². The Morgan fingerprint density at radius 3 is 1.21 bits per heavy atom. The van der Waals surface area contributed by atoms with Crippen LogP contribution in [0.1, 0.15) is 226 Å². The van der Waals surface area contributed by atoms with Crippen LogP contribution >= 0.6 is 0 Å². The average Bonchev–Trinajstić information content (AvgIpc) is 3.25. The number of hydrogen-bond donors (Lipinski definition) is 0. The number of amides is 1. The Bertz CT molecular complexity index is 1050. The molecule has 61 heavy (non-hydrogen) atoms. The van der Waals surface area contributed by atoms with Crippen molar-refractivity contribution in [3.05, 3.63) is 48.6 Å². The molecular formula is C54H98N2O5. The highest BCUT2D eigenvalue weighted by Crippen LogP contribution is 2.15. The summed E-state index contributed by atoms with van der Waals surface area (Å²) in [7, 11) is 4.10. The van der Waals surface area contributed by atoms with Gasteiger partial charge in [0.15, 0.2) is 0 Å². The molecule has 0 atom stereocenters. The Labute approximate surface area is 378 Å². The van der Waals surface area contributed by atoms with E-state index in [-0.39, 0.29) is 37.0 Å². The quantitative estimate of drug-likeness (QED) is 0.0345. The van der Waals surface area contributed by atoms with Gasteiger partial charge in [0.2, 0.25) is 5.91 Å². The normalized spacial score (nSPS) is 12.0. The van der Waals surface area contributed by atoms with Crippen molar-refractivity contribution in [2.45, 2.75) is 226 Å². The largest absolute Gasteiger partial charge is 0.465 e. The predicted molar refractivity (Wildman–Crippen MR) is 262 cm³/mol. The summed E-state index contributed by atoms with van der Waals surface area (Å²) in [6.45, 7) is 8.97. The third-order valence-corrected chi connectivity index (χ3v) is 11.2. The van der Waals surface area contributed by atoms with Gasteiger partial charge in [-0.15, -0.1) is 0 Å². The minimum Gasteiger partial charge on any atom is -0.465 e. The maximum atomic E-state index is 13.5. The van der Waals surface area contributed by atoms with Crippen LogP contribution in [0.3, 0.4) is 0 Å². The summed E-state index contributed by atoms with van der Waals surface area (Å²) in [5.74, 6) is -0.517.